The molecule has 0 spiro atoms. The number of hydrogen-bond acceptors (Lipinski definition) is 1. The summed E-state index contributed by atoms with van der Waals surface area (Å²) in [5.41, 5.74) is 1.15. The molecule has 2 aromatic carbocycles. The molecule has 112 valence electrons. The van der Waals surface area contributed by atoms with Gasteiger partial charge in [-0.05, 0) is 54.7 Å². The number of benzene rings is 2. The fraction of sp³-hybridized carbons (Fsp3) is 0.294. The SMILES string of the molecule is ClCC(CCOc1ccc(Br)cc1)Cc1ccccc1Cl. The van der Waals surface area contributed by atoms with E-state index in [0.717, 1.165) is 33.6 Å². The van der Waals surface area contributed by atoms with Crippen LogP contribution in [0.2, 0.25) is 5.02 Å². The van der Waals surface area contributed by atoms with Gasteiger partial charge in [-0.1, -0.05) is 45.7 Å². The first-order chi connectivity index (χ1) is 10.2. The molecule has 0 bridgehead atoms. The molecule has 2 aromatic rings. The maximum Gasteiger partial charge on any atom is 0.119 e. The first kappa shape index (κ1) is 16.7. The third kappa shape index (κ3) is 5.54. The maximum absolute atomic E-state index is 6.19. The van der Waals surface area contributed by atoms with Crippen molar-refractivity contribution in [1.82, 2.24) is 0 Å². The van der Waals surface area contributed by atoms with Crippen molar-refractivity contribution in [2.45, 2.75) is 12.8 Å². The van der Waals surface area contributed by atoms with E-state index in [1.54, 1.807) is 0 Å². The van der Waals surface area contributed by atoms with Crippen LogP contribution in [-0.2, 0) is 6.42 Å². The highest BCUT2D eigenvalue weighted by molar-refractivity contribution is 9.10. The highest BCUT2D eigenvalue weighted by atomic mass is 79.9. The summed E-state index contributed by atoms with van der Waals surface area (Å²) in [6, 6.07) is 15.8. The maximum atomic E-state index is 6.19. The Bertz CT molecular complexity index is 557. The summed E-state index contributed by atoms with van der Waals surface area (Å²) < 4.78 is 6.80. The van der Waals surface area contributed by atoms with Gasteiger partial charge in [-0.15, -0.1) is 11.6 Å². The first-order valence-electron chi connectivity index (χ1n) is 6.87. The summed E-state index contributed by atoms with van der Waals surface area (Å²) in [6.45, 7) is 0.656. The van der Waals surface area contributed by atoms with E-state index in [2.05, 4.69) is 22.0 Å². The summed E-state index contributed by atoms with van der Waals surface area (Å²) in [6.07, 6.45) is 1.79. The minimum absolute atomic E-state index is 0.363. The largest absolute Gasteiger partial charge is 0.494 e. The van der Waals surface area contributed by atoms with Crippen LogP contribution in [0.1, 0.15) is 12.0 Å². The molecule has 1 unspecified atom stereocenters. The minimum Gasteiger partial charge on any atom is -0.494 e. The van der Waals surface area contributed by atoms with Gasteiger partial charge in [-0.3, -0.25) is 0 Å². The second-order valence-electron chi connectivity index (χ2n) is 4.91. The van der Waals surface area contributed by atoms with E-state index in [4.69, 9.17) is 27.9 Å². The molecule has 0 aromatic heterocycles. The molecule has 2 rings (SSSR count). The lowest BCUT2D eigenvalue weighted by Crippen LogP contribution is -2.12. The third-order valence-electron chi connectivity index (χ3n) is 3.29. The first-order valence-corrected chi connectivity index (χ1v) is 8.57. The van der Waals surface area contributed by atoms with E-state index in [9.17, 15) is 0 Å². The zero-order valence-electron chi connectivity index (χ0n) is 11.6. The van der Waals surface area contributed by atoms with Crippen molar-refractivity contribution in [1.29, 1.82) is 0 Å². The average molecular weight is 388 g/mol. The third-order valence-corrected chi connectivity index (χ3v) is 4.63. The normalized spacial score (nSPS) is 12.1. The van der Waals surface area contributed by atoms with Gasteiger partial charge < -0.3 is 4.74 Å². The summed E-state index contributed by atoms with van der Waals surface area (Å²) >= 11 is 15.7. The molecule has 21 heavy (non-hydrogen) atoms. The van der Waals surface area contributed by atoms with Gasteiger partial charge in [0.2, 0.25) is 0 Å². The molecule has 1 atom stereocenters. The van der Waals surface area contributed by atoms with E-state index >= 15 is 0 Å². The lowest BCUT2D eigenvalue weighted by atomic mass is 9.98. The highest BCUT2D eigenvalue weighted by Gasteiger charge is 2.11. The molecule has 0 aliphatic carbocycles. The predicted molar refractivity (Wildman–Crippen MR) is 93.6 cm³/mol. The Kier molecular flexibility index (Phi) is 6.88. The van der Waals surface area contributed by atoms with Gasteiger partial charge in [0.05, 0.1) is 6.61 Å². The highest BCUT2D eigenvalue weighted by Crippen LogP contribution is 2.22. The van der Waals surface area contributed by atoms with Crippen LogP contribution in [-0.4, -0.2) is 12.5 Å². The van der Waals surface area contributed by atoms with Crippen molar-refractivity contribution in [3.63, 3.8) is 0 Å². The molecule has 0 N–H and O–H groups in total. The Hall–Kier alpha value is -0.700. The lowest BCUT2D eigenvalue weighted by Gasteiger charge is -2.15. The van der Waals surface area contributed by atoms with Crippen molar-refractivity contribution >= 4 is 39.1 Å². The molecule has 0 aliphatic rings. The fourth-order valence-corrected chi connectivity index (χ4v) is 2.82. The number of hydrogen-bond donors (Lipinski definition) is 0. The second-order valence-corrected chi connectivity index (χ2v) is 6.54. The Morgan fingerprint density at radius 2 is 1.76 bits per heavy atom. The Labute approximate surface area is 144 Å². The molecule has 0 saturated carbocycles. The smallest absolute Gasteiger partial charge is 0.119 e. The monoisotopic (exact) mass is 386 g/mol. The van der Waals surface area contributed by atoms with Crippen molar-refractivity contribution in [3.05, 3.63) is 63.6 Å². The van der Waals surface area contributed by atoms with Crippen LogP contribution in [0.15, 0.2) is 53.0 Å². The topological polar surface area (TPSA) is 9.23 Å². The predicted octanol–water partition coefficient (Wildman–Crippen LogP) is 5.97. The quantitative estimate of drug-likeness (QED) is 0.531. The van der Waals surface area contributed by atoms with Gasteiger partial charge in [0.25, 0.3) is 0 Å². The van der Waals surface area contributed by atoms with Gasteiger partial charge in [-0.25, -0.2) is 0 Å². The van der Waals surface area contributed by atoms with E-state index in [0.29, 0.717) is 18.4 Å². The number of ether oxygens (including phenoxy) is 1. The zero-order valence-corrected chi connectivity index (χ0v) is 14.7. The standard InChI is InChI=1S/C17H17BrCl2O/c18-15-5-7-16(8-6-15)21-10-9-13(12-19)11-14-3-1-2-4-17(14)20/h1-8,13H,9-12H2. The van der Waals surface area contributed by atoms with E-state index in [1.165, 1.54) is 0 Å². The summed E-state index contributed by atoms with van der Waals surface area (Å²) in [5.74, 6) is 1.85. The lowest BCUT2D eigenvalue weighted by molar-refractivity contribution is 0.284. The van der Waals surface area contributed by atoms with Crippen LogP contribution in [0.5, 0.6) is 5.75 Å². The second kappa shape index (κ2) is 8.67. The molecule has 0 saturated heterocycles. The molecule has 0 aliphatic heterocycles. The van der Waals surface area contributed by atoms with Crippen molar-refractivity contribution in [3.8, 4) is 5.75 Å². The number of rotatable bonds is 7. The molecule has 0 radical (unpaired) electrons. The van der Waals surface area contributed by atoms with Gasteiger partial charge in [0, 0.05) is 15.4 Å². The van der Waals surface area contributed by atoms with Crippen molar-refractivity contribution in [2.75, 3.05) is 12.5 Å². The van der Waals surface area contributed by atoms with E-state index < -0.39 is 0 Å². The molecule has 4 heteroatoms. The summed E-state index contributed by atoms with van der Waals surface area (Å²) in [7, 11) is 0. The van der Waals surface area contributed by atoms with Crippen LogP contribution < -0.4 is 4.74 Å². The van der Waals surface area contributed by atoms with Gasteiger partial charge >= 0.3 is 0 Å². The van der Waals surface area contributed by atoms with Crippen LogP contribution in [0.25, 0.3) is 0 Å². The van der Waals surface area contributed by atoms with Gasteiger partial charge in [0.15, 0.2) is 0 Å². The molecule has 0 amide bonds. The van der Waals surface area contributed by atoms with Crippen LogP contribution in [0, 0.1) is 5.92 Å². The number of alkyl halides is 1. The Morgan fingerprint density at radius 1 is 1.05 bits per heavy atom. The molecular weight excluding hydrogens is 371 g/mol. The molecule has 0 heterocycles. The van der Waals surface area contributed by atoms with Crippen molar-refractivity contribution < 1.29 is 4.74 Å². The fourth-order valence-electron chi connectivity index (χ4n) is 2.08. The Balaban J connectivity index is 1.82. The zero-order chi connectivity index (χ0) is 15.1. The molecule has 0 fully saturated rings. The number of halogens is 3. The Morgan fingerprint density at radius 3 is 2.43 bits per heavy atom. The van der Waals surface area contributed by atoms with Crippen LogP contribution in [0.3, 0.4) is 0 Å². The van der Waals surface area contributed by atoms with Crippen molar-refractivity contribution in [2.24, 2.45) is 5.92 Å². The average Bonchev–Trinajstić information content (AvgIpc) is 2.50. The van der Waals surface area contributed by atoms with E-state index in [1.807, 2.05) is 42.5 Å². The van der Waals surface area contributed by atoms with Crippen LogP contribution in [0.4, 0.5) is 0 Å². The van der Waals surface area contributed by atoms with Gasteiger partial charge in [-0.2, -0.15) is 0 Å². The molecular formula is C17H17BrCl2O. The van der Waals surface area contributed by atoms with Crippen LogP contribution >= 0.6 is 39.1 Å². The molecule has 1 nitrogen and oxygen atoms in total. The summed E-state index contributed by atoms with van der Waals surface area (Å²) in [5, 5.41) is 0.807. The summed E-state index contributed by atoms with van der Waals surface area (Å²) in [4.78, 5) is 0. The van der Waals surface area contributed by atoms with Gasteiger partial charge in [0.1, 0.15) is 5.75 Å². The minimum atomic E-state index is 0.363. The van der Waals surface area contributed by atoms with E-state index in [-0.39, 0.29) is 0 Å².